The average molecular weight is 303 g/mol. The van der Waals surface area contributed by atoms with Crippen LogP contribution >= 0.6 is 11.6 Å². The second-order valence-electron chi connectivity index (χ2n) is 4.56. The SMILES string of the molecule is O=C(N[C@H]1CCCCNC1=O)c1cc(F)c(F)cc1Cl. The molecule has 0 saturated carbocycles. The van der Waals surface area contributed by atoms with Crippen LogP contribution in [0.25, 0.3) is 0 Å². The molecule has 2 N–H and O–H groups in total. The van der Waals surface area contributed by atoms with Gasteiger partial charge in [-0.15, -0.1) is 0 Å². The number of nitrogens with one attached hydrogen (secondary N) is 2. The summed E-state index contributed by atoms with van der Waals surface area (Å²) in [7, 11) is 0. The molecule has 1 aliphatic rings. The van der Waals surface area contributed by atoms with E-state index >= 15 is 0 Å². The lowest BCUT2D eigenvalue weighted by Crippen LogP contribution is -2.45. The molecule has 0 radical (unpaired) electrons. The van der Waals surface area contributed by atoms with Gasteiger partial charge in [0, 0.05) is 6.54 Å². The van der Waals surface area contributed by atoms with Gasteiger partial charge < -0.3 is 10.6 Å². The van der Waals surface area contributed by atoms with Gasteiger partial charge in [-0.3, -0.25) is 9.59 Å². The zero-order chi connectivity index (χ0) is 14.7. The van der Waals surface area contributed by atoms with Gasteiger partial charge in [-0.1, -0.05) is 11.6 Å². The average Bonchev–Trinajstić information content (AvgIpc) is 2.59. The number of hydrogen-bond acceptors (Lipinski definition) is 2. The monoisotopic (exact) mass is 302 g/mol. The first-order valence-corrected chi connectivity index (χ1v) is 6.60. The van der Waals surface area contributed by atoms with Crippen molar-refractivity contribution in [3.05, 3.63) is 34.4 Å². The highest BCUT2D eigenvalue weighted by Gasteiger charge is 2.24. The molecule has 1 aromatic rings. The van der Waals surface area contributed by atoms with E-state index in [1.165, 1.54) is 0 Å². The molecule has 1 saturated heterocycles. The predicted molar refractivity (Wildman–Crippen MR) is 69.5 cm³/mol. The summed E-state index contributed by atoms with van der Waals surface area (Å²) in [6.07, 6.45) is 2.12. The number of halogens is 3. The van der Waals surface area contributed by atoms with Crippen molar-refractivity contribution < 1.29 is 18.4 Å². The minimum Gasteiger partial charge on any atom is -0.354 e. The van der Waals surface area contributed by atoms with E-state index < -0.39 is 23.6 Å². The number of rotatable bonds is 2. The third kappa shape index (κ3) is 3.25. The van der Waals surface area contributed by atoms with E-state index in [9.17, 15) is 18.4 Å². The number of amides is 2. The summed E-state index contributed by atoms with van der Waals surface area (Å²) >= 11 is 5.71. The molecule has 1 aromatic carbocycles. The quantitative estimate of drug-likeness (QED) is 0.821. The molecule has 0 unspecified atom stereocenters. The molecule has 1 atom stereocenters. The molecule has 2 amide bonds. The smallest absolute Gasteiger partial charge is 0.253 e. The van der Waals surface area contributed by atoms with E-state index in [-0.39, 0.29) is 16.5 Å². The van der Waals surface area contributed by atoms with E-state index in [1.54, 1.807) is 0 Å². The third-order valence-corrected chi connectivity index (χ3v) is 3.41. The van der Waals surface area contributed by atoms with Crippen molar-refractivity contribution in [1.82, 2.24) is 10.6 Å². The van der Waals surface area contributed by atoms with Crippen LogP contribution in [0.3, 0.4) is 0 Å². The molecule has 20 heavy (non-hydrogen) atoms. The van der Waals surface area contributed by atoms with Crippen LogP contribution in [0.2, 0.25) is 5.02 Å². The van der Waals surface area contributed by atoms with Crippen LogP contribution in [0.5, 0.6) is 0 Å². The zero-order valence-corrected chi connectivity index (χ0v) is 11.3. The van der Waals surface area contributed by atoms with Gasteiger partial charge in [-0.05, 0) is 31.4 Å². The van der Waals surface area contributed by atoms with Crippen LogP contribution in [-0.4, -0.2) is 24.4 Å². The van der Waals surface area contributed by atoms with Gasteiger partial charge in [0.2, 0.25) is 5.91 Å². The molecule has 108 valence electrons. The maximum Gasteiger partial charge on any atom is 0.253 e. The number of carbonyl (C=O) groups is 2. The molecule has 0 bridgehead atoms. The van der Waals surface area contributed by atoms with Gasteiger partial charge in [-0.25, -0.2) is 8.78 Å². The summed E-state index contributed by atoms with van der Waals surface area (Å²) in [6.45, 7) is 0.567. The van der Waals surface area contributed by atoms with Crippen LogP contribution in [0.4, 0.5) is 8.78 Å². The van der Waals surface area contributed by atoms with Gasteiger partial charge in [0.1, 0.15) is 6.04 Å². The normalized spacial score (nSPS) is 19.1. The predicted octanol–water partition coefficient (Wildman–Crippen LogP) is 2.02. The van der Waals surface area contributed by atoms with Gasteiger partial charge in [0.25, 0.3) is 5.91 Å². The summed E-state index contributed by atoms with van der Waals surface area (Å²) in [5.74, 6) is -3.27. The van der Waals surface area contributed by atoms with Gasteiger partial charge in [0.05, 0.1) is 10.6 Å². The van der Waals surface area contributed by atoms with Crippen molar-refractivity contribution in [3.63, 3.8) is 0 Å². The Balaban J connectivity index is 2.15. The Morgan fingerprint density at radius 1 is 1.30 bits per heavy atom. The fourth-order valence-corrected chi connectivity index (χ4v) is 2.25. The Kier molecular flexibility index (Phi) is 4.54. The van der Waals surface area contributed by atoms with E-state index in [0.717, 1.165) is 25.0 Å². The first-order valence-electron chi connectivity index (χ1n) is 6.22. The topological polar surface area (TPSA) is 58.2 Å². The van der Waals surface area contributed by atoms with E-state index in [2.05, 4.69) is 10.6 Å². The van der Waals surface area contributed by atoms with Gasteiger partial charge in [-0.2, -0.15) is 0 Å². The maximum absolute atomic E-state index is 13.1. The minimum absolute atomic E-state index is 0.192. The first-order chi connectivity index (χ1) is 9.49. The standard InChI is InChI=1S/C13H13ClF2N2O2/c14-8-6-10(16)9(15)5-7(8)12(19)18-11-3-1-2-4-17-13(11)20/h5-6,11H,1-4H2,(H,17,20)(H,18,19)/t11-/m0/s1. The molecular formula is C13H13ClF2N2O2. The van der Waals surface area contributed by atoms with Crippen molar-refractivity contribution in [2.75, 3.05) is 6.54 Å². The van der Waals surface area contributed by atoms with Crippen molar-refractivity contribution in [2.24, 2.45) is 0 Å². The Morgan fingerprint density at radius 2 is 2.00 bits per heavy atom. The molecule has 7 heteroatoms. The molecule has 0 aromatic heterocycles. The third-order valence-electron chi connectivity index (χ3n) is 3.10. The lowest BCUT2D eigenvalue weighted by Gasteiger charge is -2.15. The molecular weight excluding hydrogens is 290 g/mol. The fourth-order valence-electron chi connectivity index (χ4n) is 2.01. The van der Waals surface area contributed by atoms with Crippen LogP contribution in [-0.2, 0) is 4.79 Å². The first kappa shape index (κ1) is 14.7. The summed E-state index contributed by atoms with van der Waals surface area (Å²) in [5.41, 5.74) is -0.192. The lowest BCUT2D eigenvalue weighted by molar-refractivity contribution is -0.122. The zero-order valence-electron chi connectivity index (χ0n) is 10.5. The van der Waals surface area contributed by atoms with E-state index in [0.29, 0.717) is 13.0 Å². The highest BCUT2D eigenvalue weighted by Crippen LogP contribution is 2.20. The fraction of sp³-hybridized carbons (Fsp3) is 0.385. The van der Waals surface area contributed by atoms with Crippen LogP contribution in [0.15, 0.2) is 12.1 Å². The second-order valence-corrected chi connectivity index (χ2v) is 4.97. The van der Waals surface area contributed by atoms with Crippen LogP contribution in [0, 0.1) is 11.6 Å². The lowest BCUT2D eigenvalue weighted by atomic mass is 10.1. The second kappa shape index (κ2) is 6.17. The minimum atomic E-state index is -1.16. The number of benzene rings is 1. The Labute approximate surface area is 119 Å². The summed E-state index contributed by atoms with van der Waals surface area (Å²) < 4.78 is 26.1. The molecule has 0 spiro atoms. The van der Waals surface area contributed by atoms with E-state index in [4.69, 9.17) is 11.6 Å². The van der Waals surface area contributed by atoms with Gasteiger partial charge in [0.15, 0.2) is 11.6 Å². The number of carbonyl (C=O) groups excluding carboxylic acids is 2. The summed E-state index contributed by atoms with van der Waals surface area (Å²) in [6, 6.07) is 0.773. The molecule has 1 fully saturated rings. The highest BCUT2D eigenvalue weighted by molar-refractivity contribution is 6.33. The maximum atomic E-state index is 13.1. The van der Waals surface area contributed by atoms with Crippen molar-refractivity contribution >= 4 is 23.4 Å². The van der Waals surface area contributed by atoms with Crippen molar-refractivity contribution in [2.45, 2.75) is 25.3 Å². The molecule has 1 aliphatic heterocycles. The molecule has 1 heterocycles. The van der Waals surface area contributed by atoms with E-state index in [1.807, 2.05) is 0 Å². The van der Waals surface area contributed by atoms with Gasteiger partial charge >= 0.3 is 0 Å². The highest BCUT2D eigenvalue weighted by atomic mass is 35.5. The Hall–Kier alpha value is -1.69. The van der Waals surface area contributed by atoms with Crippen LogP contribution < -0.4 is 10.6 Å². The Morgan fingerprint density at radius 3 is 2.75 bits per heavy atom. The molecule has 4 nitrogen and oxygen atoms in total. The number of hydrogen-bond donors (Lipinski definition) is 2. The largest absolute Gasteiger partial charge is 0.354 e. The Bertz CT molecular complexity index is 551. The molecule has 2 rings (SSSR count). The summed E-state index contributed by atoms with van der Waals surface area (Å²) in [4.78, 5) is 23.7. The molecule has 0 aliphatic carbocycles. The van der Waals surface area contributed by atoms with Crippen LogP contribution in [0.1, 0.15) is 29.6 Å². The van der Waals surface area contributed by atoms with Crippen molar-refractivity contribution in [1.29, 1.82) is 0 Å². The van der Waals surface area contributed by atoms with Crippen molar-refractivity contribution in [3.8, 4) is 0 Å². The summed E-state index contributed by atoms with van der Waals surface area (Å²) in [5, 5.41) is 4.96.